The molecule has 3 aromatic rings. The van der Waals surface area contributed by atoms with Gasteiger partial charge in [-0.15, -0.1) is 11.3 Å². The molecule has 0 spiro atoms. The van der Waals surface area contributed by atoms with E-state index in [4.69, 9.17) is 5.73 Å². The number of fused-ring (bicyclic) bond motifs is 1. The van der Waals surface area contributed by atoms with Crippen LogP contribution in [0.2, 0.25) is 0 Å². The molecule has 0 atom stereocenters. The number of aryl methyl sites for hydroxylation is 2. The Bertz CT molecular complexity index is 709. The van der Waals surface area contributed by atoms with Crippen molar-refractivity contribution in [2.45, 2.75) is 20.4 Å². The zero-order valence-corrected chi connectivity index (χ0v) is 11.3. The Labute approximate surface area is 110 Å². The van der Waals surface area contributed by atoms with Crippen LogP contribution in [-0.4, -0.2) is 9.38 Å². The van der Waals surface area contributed by atoms with Gasteiger partial charge in [0.2, 0.25) is 0 Å². The van der Waals surface area contributed by atoms with Crippen molar-refractivity contribution in [2.75, 3.05) is 0 Å². The molecule has 3 nitrogen and oxygen atoms in total. The van der Waals surface area contributed by atoms with Gasteiger partial charge in [0, 0.05) is 29.4 Å². The van der Waals surface area contributed by atoms with E-state index in [2.05, 4.69) is 53.0 Å². The molecule has 0 aliphatic rings. The summed E-state index contributed by atoms with van der Waals surface area (Å²) in [5.74, 6) is 0. The van der Waals surface area contributed by atoms with Gasteiger partial charge in [0.1, 0.15) is 0 Å². The zero-order valence-electron chi connectivity index (χ0n) is 10.5. The van der Waals surface area contributed by atoms with E-state index in [0.717, 1.165) is 16.3 Å². The predicted molar refractivity (Wildman–Crippen MR) is 75.9 cm³/mol. The fourth-order valence-electron chi connectivity index (χ4n) is 2.12. The lowest BCUT2D eigenvalue weighted by Crippen LogP contribution is -1.98. The van der Waals surface area contributed by atoms with Crippen molar-refractivity contribution in [1.29, 1.82) is 0 Å². The molecule has 2 aromatic heterocycles. The largest absolute Gasteiger partial charge is 0.325 e. The third-order valence-corrected chi connectivity index (χ3v) is 4.05. The Morgan fingerprint density at radius 3 is 2.94 bits per heavy atom. The molecule has 0 bridgehead atoms. The van der Waals surface area contributed by atoms with Crippen molar-refractivity contribution in [2.24, 2.45) is 5.73 Å². The molecule has 2 heterocycles. The first-order chi connectivity index (χ1) is 8.69. The maximum Gasteiger partial charge on any atom is 0.194 e. The highest BCUT2D eigenvalue weighted by atomic mass is 32.1. The van der Waals surface area contributed by atoms with Gasteiger partial charge >= 0.3 is 0 Å². The number of benzene rings is 1. The maximum absolute atomic E-state index is 5.72. The summed E-state index contributed by atoms with van der Waals surface area (Å²) in [4.78, 5) is 5.69. The van der Waals surface area contributed by atoms with Crippen molar-refractivity contribution < 1.29 is 0 Å². The van der Waals surface area contributed by atoms with E-state index < -0.39 is 0 Å². The average Bonchev–Trinajstić information content (AvgIpc) is 2.91. The van der Waals surface area contributed by atoms with E-state index >= 15 is 0 Å². The molecular formula is C14H15N3S. The Morgan fingerprint density at radius 2 is 2.17 bits per heavy atom. The Kier molecular flexibility index (Phi) is 2.69. The highest BCUT2D eigenvalue weighted by Crippen LogP contribution is 2.26. The first-order valence-corrected chi connectivity index (χ1v) is 6.80. The maximum atomic E-state index is 5.72. The van der Waals surface area contributed by atoms with Gasteiger partial charge in [0.25, 0.3) is 0 Å². The van der Waals surface area contributed by atoms with E-state index in [1.165, 1.54) is 16.7 Å². The Hall–Kier alpha value is -1.65. The third kappa shape index (κ3) is 1.74. The summed E-state index contributed by atoms with van der Waals surface area (Å²) in [7, 11) is 0. The van der Waals surface area contributed by atoms with Gasteiger partial charge in [0.05, 0.1) is 5.69 Å². The molecule has 18 heavy (non-hydrogen) atoms. The fourth-order valence-corrected chi connectivity index (χ4v) is 3.00. The molecule has 3 rings (SSSR count). The van der Waals surface area contributed by atoms with Crippen molar-refractivity contribution in [3.05, 3.63) is 46.6 Å². The minimum atomic E-state index is 0.544. The zero-order chi connectivity index (χ0) is 12.7. The van der Waals surface area contributed by atoms with Gasteiger partial charge in [-0.2, -0.15) is 0 Å². The van der Waals surface area contributed by atoms with Crippen LogP contribution >= 0.6 is 11.3 Å². The molecule has 0 saturated heterocycles. The van der Waals surface area contributed by atoms with Gasteiger partial charge in [-0.3, -0.25) is 4.40 Å². The third-order valence-electron chi connectivity index (χ3n) is 3.16. The van der Waals surface area contributed by atoms with Crippen molar-refractivity contribution in [1.82, 2.24) is 9.38 Å². The summed E-state index contributed by atoms with van der Waals surface area (Å²) in [6, 6.07) is 6.45. The van der Waals surface area contributed by atoms with Crippen molar-refractivity contribution >= 4 is 16.3 Å². The van der Waals surface area contributed by atoms with Crippen LogP contribution in [0.15, 0.2) is 29.8 Å². The molecule has 0 aliphatic heterocycles. The fraction of sp³-hybridized carbons (Fsp3) is 0.214. The number of nitrogens with two attached hydrogens (primary N) is 1. The summed E-state index contributed by atoms with van der Waals surface area (Å²) in [5.41, 5.74) is 11.6. The van der Waals surface area contributed by atoms with Crippen LogP contribution in [0.3, 0.4) is 0 Å². The summed E-state index contributed by atoms with van der Waals surface area (Å²) in [5, 5.41) is 2.06. The summed E-state index contributed by atoms with van der Waals surface area (Å²) < 4.78 is 2.09. The second-order valence-electron chi connectivity index (χ2n) is 4.53. The minimum Gasteiger partial charge on any atom is -0.325 e. The summed E-state index contributed by atoms with van der Waals surface area (Å²) >= 11 is 1.64. The molecule has 0 fully saturated rings. The van der Waals surface area contributed by atoms with Gasteiger partial charge in [0.15, 0.2) is 4.96 Å². The smallest absolute Gasteiger partial charge is 0.194 e. The average molecular weight is 257 g/mol. The Morgan fingerprint density at radius 1 is 1.33 bits per heavy atom. The molecule has 2 N–H and O–H groups in total. The van der Waals surface area contributed by atoms with Crippen molar-refractivity contribution in [3.63, 3.8) is 0 Å². The second kappa shape index (κ2) is 4.23. The van der Waals surface area contributed by atoms with Crippen LogP contribution in [0.5, 0.6) is 0 Å². The molecule has 0 radical (unpaired) electrons. The highest BCUT2D eigenvalue weighted by Gasteiger charge is 2.10. The molecule has 4 heteroatoms. The van der Waals surface area contributed by atoms with Gasteiger partial charge in [-0.05, 0) is 25.5 Å². The number of nitrogens with zero attached hydrogens (tertiary/aromatic N) is 2. The van der Waals surface area contributed by atoms with E-state index in [-0.39, 0.29) is 0 Å². The number of hydrogen-bond acceptors (Lipinski definition) is 3. The molecule has 0 aliphatic carbocycles. The van der Waals surface area contributed by atoms with Crippen LogP contribution in [0, 0.1) is 13.8 Å². The number of rotatable bonds is 2. The number of hydrogen-bond donors (Lipinski definition) is 1. The van der Waals surface area contributed by atoms with Gasteiger partial charge < -0.3 is 5.73 Å². The number of thiazole rings is 1. The van der Waals surface area contributed by atoms with Crippen molar-refractivity contribution in [3.8, 4) is 11.3 Å². The molecular weight excluding hydrogens is 242 g/mol. The normalized spacial score (nSPS) is 11.3. The van der Waals surface area contributed by atoms with E-state index in [1.54, 1.807) is 11.3 Å². The molecule has 0 unspecified atom stereocenters. The summed E-state index contributed by atoms with van der Waals surface area (Å²) in [6.07, 6.45) is 2.08. The standard InChI is InChI=1S/C14H15N3S/c1-9-3-4-10(2)12(5-9)13-7-17-11(6-15)8-18-14(17)16-13/h3-5,7-8H,6,15H2,1-2H3. The Balaban J connectivity index is 2.19. The first-order valence-electron chi connectivity index (χ1n) is 5.92. The number of imidazole rings is 1. The molecule has 1 aromatic carbocycles. The van der Waals surface area contributed by atoms with Crippen LogP contribution in [0.4, 0.5) is 0 Å². The van der Waals surface area contributed by atoms with Crippen LogP contribution in [-0.2, 0) is 6.54 Å². The lowest BCUT2D eigenvalue weighted by atomic mass is 10.0. The highest BCUT2D eigenvalue weighted by molar-refractivity contribution is 7.15. The molecule has 0 amide bonds. The van der Waals surface area contributed by atoms with Gasteiger partial charge in [-0.25, -0.2) is 4.98 Å². The van der Waals surface area contributed by atoms with E-state index in [9.17, 15) is 0 Å². The van der Waals surface area contributed by atoms with Gasteiger partial charge in [-0.1, -0.05) is 17.7 Å². The topological polar surface area (TPSA) is 43.3 Å². The van der Waals surface area contributed by atoms with Crippen LogP contribution in [0.1, 0.15) is 16.8 Å². The molecule has 92 valence electrons. The monoisotopic (exact) mass is 257 g/mol. The lowest BCUT2D eigenvalue weighted by Gasteiger charge is -2.03. The quantitative estimate of drug-likeness (QED) is 0.766. The van der Waals surface area contributed by atoms with Crippen LogP contribution < -0.4 is 5.73 Å². The van der Waals surface area contributed by atoms with E-state index in [0.29, 0.717) is 6.54 Å². The number of aromatic nitrogens is 2. The predicted octanol–water partition coefficient (Wildman–Crippen LogP) is 3.14. The lowest BCUT2D eigenvalue weighted by molar-refractivity contribution is 0.966. The molecule has 0 saturated carbocycles. The minimum absolute atomic E-state index is 0.544. The van der Waals surface area contributed by atoms with Crippen LogP contribution in [0.25, 0.3) is 16.2 Å². The second-order valence-corrected chi connectivity index (χ2v) is 5.36. The van der Waals surface area contributed by atoms with E-state index in [1.807, 2.05) is 0 Å². The first kappa shape index (κ1) is 11.4. The summed E-state index contributed by atoms with van der Waals surface area (Å²) in [6.45, 7) is 4.77. The SMILES string of the molecule is Cc1ccc(C)c(-c2cn3c(CN)csc3n2)c1.